The molecule has 0 spiro atoms. The van der Waals surface area contributed by atoms with Crippen molar-refractivity contribution in [1.82, 2.24) is 42.2 Å². The summed E-state index contributed by atoms with van der Waals surface area (Å²) in [5.74, 6) is -8.91. The highest BCUT2D eigenvalue weighted by Crippen LogP contribution is 2.19. The van der Waals surface area contributed by atoms with Crippen LogP contribution in [0.3, 0.4) is 0 Å². The number of aromatic amines is 1. The van der Waals surface area contributed by atoms with Gasteiger partial charge in [-0.3, -0.25) is 38.4 Å². The summed E-state index contributed by atoms with van der Waals surface area (Å²) < 4.78 is 0. The van der Waals surface area contributed by atoms with Gasteiger partial charge in [0, 0.05) is 29.3 Å². The van der Waals surface area contributed by atoms with Crippen LogP contribution in [0.1, 0.15) is 63.5 Å². The van der Waals surface area contributed by atoms with Gasteiger partial charge >= 0.3 is 11.9 Å². The molecule has 14 N–H and O–H groups in total. The van der Waals surface area contributed by atoms with E-state index in [2.05, 4.69) is 54.8 Å². The van der Waals surface area contributed by atoms with Crippen molar-refractivity contribution in [2.45, 2.75) is 108 Å². The summed E-state index contributed by atoms with van der Waals surface area (Å²) in [5, 5.41) is 37.6. The van der Waals surface area contributed by atoms with Crippen LogP contribution in [0.5, 0.6) is 0 Å². The molecule has 0 aliphatic rings. The van der Waals surface area contributed by atoms with Crippen LogP contribution in [-0.4, -0.2) is 142 Å². The van der Waals surface area contributed by atoms with Gasteiger partial charge in [0.1, 0.15) is 36.3 Å². The molecule has 378 valence electrons. The summed E-state index contributed by atoms with van der Waals surface area (Å²) in [6, 6.07) is 7.18. The molecule has 0 fully saturated rings. The number of rotatable bonds is 31. The van der Waals surface area contributed by atoms with Crippen molar-refractivity contribution in [2.24, 2.45) is 17.4 Å². The van der Waals surface area contributed by atoms with Crippen molar-refractivity contribution in [3.05, 3.63) is 71.9 Å². The number of aromatic nitrogens is 1. The van der Waals surface area contributed by atoms with Crippen molar-refractivity contribution < 1.29 is 53.4 Å². The minimum atomic E-state index is -1.74. The molecular weight excluding hydrogens is 933 g/mol. The molecule has 7 amide bonds. The van der Waals surface area contributed by atoms with Gasteiger partial charge in [-0.25, -0.2) is 4.79 Å². The van der Waals surface area contributed by atoms with Crippen LogP contribution in [0.4, 0.5) is 0 Å². The minimum absolute atomic E-state index is 0.00813. The Kier molecular flexibility index (Phi) is 24.6. The van der Waals surface area contributed by atoms with Crippen LogP contribution in [0, 0.1) is 5.92 Å². The first-order valence-corrected chi connectivity index (χ1v) is 24.6. The van der Waals surface area contributed by atoms with Gasteiger partial charge in [0.2, 0.25) is 41.4 Å². The number of carbonyl (C=O) groups excluding carboxylic acids is 7. The Morgan fingerprint density at radius 2 is 1.33 bits per heavy atom. The van der Waals surface area contributed by atoms with Gasteiger partial charge in [-0.2, -0.15) is 24.4 Å². The first-order chi connectivity index (χ1) is 32.9. The molecule has 3 aromatic rings. The summed E-state index contributed by atoms with van der Waals surface area (Å²) in [7, 11) is 0. The summed E-state index contributed by atoms with van der Waals surface area (Å²) in [5.41, 5.74) is 14.2. The van der Waals surface area contributed by atoms with Crippen molar-refractivity contribution in [3.8, 4) is 0 Å². The molecule has 1 aromatic heterocycles. The van der Waals surface area contributed by atoms with Crippen LogP contribution in [0.2, 0.25) is 0 Å². The van der Waals surface area contributed by atoms with E-state index in [1.807, 2.05) is 31.2 Å². The maximum atomic E-state index is 14.0. The number of carbonyl (C=O) groups is 9. The highest BCUT2D eigenvalue weighted by atomic mass is 32.2. The lowest BCUT2D eigenvalue weighted by atomic mass is 9.96. The monoisotopic (exact) mass is 998 g/mol. The number of thioether (sulfide) groups is 1. The van der Waals surface area contributed by atoms with Crippen molar-refractivity contribution in [2.75, 3.05) is 30.9 Å². The normalized spacial score (nSPS) is 14.6. The molecular formula is C46H66N10O11S2. The third-order valence-electron chi connectivity index (χ3n) is 11.2. The predicted octanol–water partition coefficient (Wildman–Crippen LogP) is -0.277. The van der Waals surface area contributed by atoms with Crippen LogP contribution < -0.4 is 48.7 Å². The Morgan fingerprint density at radius 3 is 1.97 bits per heavy atom. The number of fused-ring (bicyclic) bond motifs is 1. The number of carboxylic acid groups (broad SMARTS) is 2. The van der Waals surface area contributed by atoms with E-state index in [1.165, 1.54) is 11.8 Å². The molecule has 0 radical (unpaired) electrons. The zero-order chi connectivity index (χ0) is 51.0. The van der Waals surface area contributed by atoms with E-state index >= 15 is 0 Å². The largest absolute Gasteiger partial charge is 0.481 e. The summed E-state index contributed by atoms with van der Waals surface area (Å²) >= 11 is 5.46. The number of hydrogen-bond donors (Lipinski definition) is 13. The molecule has 23 heteroatoms. The smallest absolute Gasteiger partial charge is 0.326 e. The van der Waals surface area contributed by atoms with Gasteiger partial charge in [0.15, 0.2) is 0 Å². The van der Waals surface area contributed by atoms with Crippen molar-refractivity contribution in [1.29, 1.82) is 0 Å². The Hall–Kier alpha value is -6.17. The average Bonchev–Trinajstić information content (AvgIpc) is 3.73. The number of hydrogen-bond acceptors (Lipinski definition) is 13. The molecule has 0 saturated carbocycles. The highest BCUT2D eigenvalue weighted by molar-refractivity contribution is 7.98. The van der Waals surface area contributed by atoms with Crippen LogP contribution in [-0.2, 0) is 56.0 Å². The zero-order valence-electron chi connectivity index (χ0n) is 39.0. The van der Waals surface area contributed by atoms with Crippen molar-refractivity contribution in [3.63, 3.8) is 0 Å². The Morgan fingerprint density at radius 1 is 0.710 bits per heavy atom. The molecule has 0 unspecified atom stereocenters. The van der Waals surface area contributed by atoms with E-state index < -0.39 is 114 Å². The zero-order valence-corrected chi connectivity index (χ0v) is 40.7. The topological polar surface area (TPSA) is 346 Å². The van der Waals surface area contributed by atoms with E-state index in [0.717, 1.165) is 16.5 Å². The number of amides is 7. The predicted molar refractivity (Wildman–Crippen MR) is 264 cm³/mol. The molecule has 1 heterocycles. The second-order valence-corrected chi connectivity index (χ2v) is 17.8. The summed E-state index contributed by atoms with van der Waals surface area (Å²) in [4.78, 5) is 121. The second kappa shape index (κ2) is 29.7. The van der Waals surface area contributed by atoms with E-state index in [1.54, 1.807) is 49.7 Å². The third kappa shape index (κ3) is 19.0. The fourth-order valence-electron chi connectivity index (χ4n) is 7.10. The standard InChI is InChI=1S/C46H66N10O11S2/c1-4-26(2)39(56-40(60)30(48)21-28-23-49-31-15-9-8-14-29(28)31)45(65)54-34(20-27-12-6-5-7-13-27)41(61)50-24-37(57)51-35(22-38(58)59)43(63)52-32(17-19-69-3)42(62)55-36(25-68)44(64)53-33(46(66)67)16-10-11-18-47/h5-9,12-15,23,26,30,32-36,39,49,68H,4,10-11,16-22,24-25,47-48H2,1-3H3,(H,50,61)(H,51,57)(H,52,63)(H,53,64)(H,54,65)(H,55,62)(H,56,60)(H,58,59)(H,66,67)/t26-,30-,32-,33-,34-,35-,36-,39-/m0/s1. The van der Waals surface area contributed by atoms with E-state index in [0.29, 0.717) is 37.1 Å². The van der Waals surface area contributed by atoms with E-state index in [4.69, 9.17) is 11.5 Å². The van der Waals surface area contributed by atoms with Crippen LogP contribution in [0.15, 0.2) is 60.8 Å². The molecule has 0 saturated heterocycles. The number of nitrogens with one attached hydrogen (secondary N) is 8. The fraction of sp³-hybridized carbons (Fsp3) is 0.500. The van der Waals surface area contributed by atoms with Gasteiger partial charge in [-0.05, 0) is 73.8 Å². The number of para-hydroxylation sites is 1. The third-order valence-corrected chi connectivity index (χ3v) is 12.2. The number of unbranched alkanes of at least 4 members (excludes halogenated alkanes) is 1. The Bertz CT molecular complexity index is 2220. The Balaban J connectivity index is 1.71. The van der Waals surface area contributed by atoms with Crippen LogP contribution in [0.25, 0.3) is 10.9 Å². The lowest BCUT2D eigenvalue weighted by Crippen LogP contribution is -2.59. The average molecular weight is 999 g/mol. The lowest BCUT2D eigenvalue weighted by molar-refractivity contribution is -0.142. The molecule has 69 heavy (non-hydrogen) atoms. The number of thiol groups is 1. The SMILES string of the molecule is CC[C@H](C)[C@H](NC(=O)[C@@H](N)Cc1c[nH]c2ccccc12)C(=O)N[C@@H](Cc1ccccc1)C(=O)NCC(=O)N[C@@H](CC(=O)O)C(=O)N[C@@H](CCSC)C(=O)N[C@@H](CS)C(=O)N[C@@H](CCCCN)C(=O)O. The van der Waals surface area contributed by atoms with Gasteiger partial charge in [0.05, 0.1) is 19.0 Å². The highest BCUT2D eigenvalue weighted by Gasteiger charge is 2.34. The number of benzene rings is 2. The quantitative estimate of drug-likeness (QED) is 0.0292. The molecule has 0 bridgehead atoms. The maximum Gasteiger partial charge on any atom is 0.326 e. The first kappa shape index (κ1) is 57.1. The molecule has 0 aliphatic heterocycles. The first-order valence-electron chi connectivity index (χ1n) is 22.6. The van der Waals surface area contributed by atoms with Crippen LogP contribution >= 0.6 is 24.4 Å². The second-order valence-electron chi connectivity index (χ2n) is 16.5. The fourth-order valence-corrected chi connectivity index (χ4v) is 7.83. The van der Waals surface area contributed by atoms with Gasteiger partial charge < -0.3 is 63.9 Å². The molecule has 8 atom stereocenters. The Labute approximate surface area is 410 Å². The molecule has 21 nitrogen and oxygen atoms in total. The molecule has 2 aromatic carbocycles. The number of nitrogens with two attached hydrogens (primary N) is 2. The van der Waals surface area contributed by atoms with E-state index in [9.17, 15) is 53.4 Å². The minimum Gasteiger partial charge on any atom is -0.481 e. The van der Waals surface area contributed by atoms with Gasteiger partial charge in [-0.1, -0.05) is 68.8 Å². The number of aliphatic carboxylic acids is 2. The molecule has 3 rings (SSSR count). The van der Waals surface area contributed by atoms with Crippen molar-refractivity contribution >= 4 is 88.6 Å². The summed E-state index contributed by atoms with van der Waals surface area (Å²) in [6.45, 7) is 3.16. The summed E-state index contributed by atoms with van der Waals surface area (Å²) in [6.07, 6.45) is 4.26. The number of carboxylic acids is 2. The van der Waals surface area contributed by atoms with Gasteiger partial charge in [0.25, 0.3) is 0 Å². The van der Waals surface area contributed by atoms with E-state index in [-0.39, 0.29) is 31.4 Å². The maximum absolute atomic E-state index is 14.0. The lowest BCUT2D eigenvalue weighted by Gasteiger charge is -2.27. The number of H-pyrrole nitrogens is 1. The molecule has 0 aliphatic carbocycles. The van der Waals surface area contributed by atoms with Gasteiger partial charge in [-0.15, -0.1) is 0 Å².